The molecule has 0 amide bonds. The lowest BCUT2D eigenvalue weighted by Gasteiger charge is -2.18. The Morgan fingerprint density at radius 3 is 2.25 bits per heavy atom. The Balaban J connectivity index is 2.64. The molecular weight excluding hydrogens is 184 g/mol. The fourth-order valence-electron chi connectivity index (χ4n) is 0.814. The maximum absolute atomic E-state index is 5.44. The molecule has 0 spiro atoms. The first-order valence-corrected chi connectivity index (χ1v) is 8.38. The molecule has 12 heavy (non-hydrogen) atoms. The van der Waals surface area contributed by atoms with Gasteiger partial charge in [0.25, 0.3) is 7.47 Å². The van der Waals surface area contributed by atoms with E-state index in [1.807, 2.05) is 17.3 Å². The smallest absolute Gasteiger partial charge is 0.252 e. The Bertz CT molecular complexity index is 236. The summed E-state index contributed by atoms with van der Waals surface area (Å²) in [5.74, 6) is 0. The molecule has 0 atom stereocenters. The van der Waals surface area contributed by atoms with E-state index in [0.29, 0.717) is 0 Å². The minimum Gasteiger partial charge on any atom is -0.410 e. The molecule has 3 heteroatoms. The highest BCUT2D eigenvalue weighted by Crippen LogP contribution is 2.28. The summed E-state index contributed by atoms with van der Waals surface area (Å²) in [7, 11) is 0.292. The lowest BCUT2D eigenvalue weighted by atomic mass is 10.4. The normalized spacial score (nSPS) is 11.6. The van der Waals surface area contributed by atoms with Crippen molar-refractivity contribution in [1.29, 1.82) is 0 Å². The zero-order valence-corrected chi connectivity index (χ0v) is 9.52. The fourth-order valence-corrected chi connectivity index (χ4v) is 4.12. The largest absolute Gasteiger partial charge is 0.410 e. The monoisotopic (exact) mass is 198 g/mol. The van der Waals surface area contributed by atoms with Crippen LogP contribution in [0.25, 0.3) is 0 Å². The summed E-state index contributed by atoms with van der Waals surface area (Å²) < 4.78 is 5.44. The molecule has 0 bridgehead atoms. The first kappa shape index (κ1) is 9.83. The van der Waals surface area contributed by atoms with Gasteiger partial charge in [0.05, 0.1) is 0 Å². The van der Waals surface area contributed by atoms with Crippen LogP contribution in [0.1, 0.15) is 0 Å². The van der Waals surface area contributed by atoms with E-state index in [-0.39, 0.29) is 0 Å². The molecule has 0 aromatic heterocycles. The van der Waals surface area contributed by atoms with Crippen LogP contribution in [0.15, 0.2) is 35.2 Å². The van der Waals surface area contributed by atoms with Crippen LogP contribution in [-0.2, 0) is 4.43 Å². The van der Waals surface area contributed by atoms with Gasteiger partial charge in [-0.15, -0.1) is 11.2 Å². The zero-order chi connectivity index (χ0) is 9.03. The molecular formula is C9H14OSSi. The molecule has 1 aromatic rings. The van der Waals surface area contributed by atoms with E-state index in [2.05, 4.69) is 37.4 Å². The van der Waals surface area contributed by atoms with Gasteiger partial charge < -0.3 is 4.43 Å². The van der Waals surface area contributed by atoms with Crippen LogP contribution in [0.4, 0.5) is 0 Å². The second-order valence-electron chi connectivity index (χ2n) is 3.02. The third-order valence-corrected chi connectivity index (χ3v) is 6.26. The highest BCUT2D eigenvalue weighted by Gasteiger charge is 2.21. The van der Waals surface area contributed by atoms with Gasteiger partial charge in [-0.1, -0.05) is 18.2 Å². The standard InChI is InChI=1S/C9H14OSSi/c1-10-12(2,3)11-9-7-5-4-6-8-9/h4-8H,1-3H3. The predicted octanol–water partition coefficient (Wildman–Crippen LogP) is 3.13. The highest BCUT2D eigenvalue weighted by molar-refractivity contribution is 8.28. The molecule has 0 heterocycles. The van der Waals surface area contributed by atoms with Crippen LogP contribution in [0, 0.1) is 0 Å². The predicted molar refractivity (Wildman–Crippen MR) is 56.8 cm³/mol. The van der Waals surface area contributed by atoms with Crippen LogP contribution in [0.2, 0.25) is 13.1 Å². The van der Waals surface area contributed by atoms with Crippen molar-refractivity contribution in [3.8, 4) is 0 Å². The van der Waals surface area contributed by atoms with Gasteiger partial charge in [0.2, 0.25) is 0 Å². The van der Waals surface area contributed by atoms with E-state index in [1.54, 1.807) is 7.11 Å². The van der Waals surface area contributed by atoms with Crippen molar-refractivity contribution < 1.29 is 4.43 Å². The Morgan fingerprint density at radius 1 is 1.17 bits per heavy atom. The molecule has 0 aliphatic heterocycles. The summed E-state index contributed by atoms with van der Waals surface area (Å²) in [5, 5.41) is 0. The maximum Gasteiger partial charge on any atom is 0.252 e. The van der Waals surface area contributed by atoms with Crippen molar-refractivity contribution in [2.24, 2.45) is 0 Å². The van der Waals surface area contributed by atoms with E-state index in [9.17, 15) is 0 Å². The SMILES string of the molecule is CO[Si](C)(C)Sc1ccccc1. The van der Waals surface area contributed by atoms with Crippen molar-refractivity contribution in [1.82, 2.24) is 0 Å². The Hall–Kier alpha value is -0.253. The summed E-state index contributed by atoms with van der Waals surface area (Å²) in [6.45, 7) is 4.40. The van der Waals surface area contributed by atoms with Gasteiger partial charge in [0, 0.05) is 12.0 Å². The van der Waals surface area contributed by atoms with Crippen LogP contribution in [-0.4, -0.2) is 14.6 Å². The lowest BCUT2D eigenvalue weighted by Crippen LogP contribution is -2.23. The maximum atomic E-state index is 5.44. The van der Waals surface area contributed by atoms with Crippen LogP contribution >= 0.6 is 11.2 Å². The van der Waals surface area contributed by atoms with Crippen molar-refractivity contribution in [2.75, 3.05) is 7.11 Å². The summed E-state index contributed by atoms with van der Waals surface area (Å²) in [6, 6.07) is 10.4. The van der Waals surface area contributed by atoms with E-state index in [4.69, 9.17) is 4.43 Å². The van der Waals surface area contributed by atoms with Gasteiger partial charge in [-0.05, 0) is 25.2 Å². The molecule has 66 valence electrons. The van der Waals surface area contributed by atoms with E-state index in [1.165, 1.54) is 4.90 Å². The van der Waals surface area contributed by atoms with Gasteiger partial charge in [-0.3, -0.25) is 0 Å². The third-order valence-electron chi connectivity index (χ3n) is 1.60. The summed E-state index contributed by atoms with van der Waals surface area (Å²) in [5.41, 5.74) is 0. The Morgan fingerprint density at radius 2 is 1.75 bits per heavy atom. The van der Waals surface area contributed by atoms with Crippen LogP contribution < -0.4 is 0 Å². The number of rotatable bonds is 3. The van der Waals surface area contributed by atoms with Gasteiger partial charge in [-0.25, -0.2) is 0 Å². The second kappa shape index (κ2) is 4.12. The fraction of sp³-hybridized carbons (Fsp3) is 0.333. The molecule has 0 unspecified atom stereocenters. The molecule has 0 aliphatic rings. The quantitative estimate of drug-likeness (QED) is 0.690. The molecule has 0 saturated heterocycles. The van der Waals surface area contributed by atoms with Crippen molar-refractivity contribution >= 4 is 18.7 Å². The van der Waals surface area contributed by atoms with Crippen LogP contribution in [0.5, 0.6) is 0 Å². The van der Waals surface area contributed by atoms with E-state index < -0.39 is 7.47 Å². The second-order valence-corrected chi connectivity index (χ2v) is 10.5. The Kier molecular flexibility index (Phi) is 3.37. The third kappa shape index (κ3) is 3.01. The average molecular weight is 198 g/mol. The van der Waals surface area contributed by atoms with Gasteiger partial charge in [-0.2, -0.15) is 0 Å². The molecule has 0 radical (unpaired) electrons. The highest BCUT2D eigenvalue weighted by atomic mass is 32.4. The molecule has 1 nitrogen and oxygen atoms in total. The minimum absolute atomic E-state index is 1.30. The van der Waals surface area contributed by atoms with Crippen molar-refractivity contribution in [2.45, 2.75) is 18.0 Å². The zero-order valence-electron chi connectivity index (χ0n) is 7.70. The molecule has 0 aliphatic carbocycles. The van der Waals surface area contributed by atoms with Crippen molar-refractivity contribution in [3.05, 3.63) is 30.3 Å². The molecule has 1 aromatic carbocycles. The summed E-state index contributed by atoms with van der Waals surface area (Å²) in [4.78, 5) is 1.30. The molecule has 0 saturated carbocycles. The molecule has 1 rings (SSSR count). The topological polar surface area (TPSA) is 9.23 Å². The number of benzene rings is 1. The van der Waals surface area contributed by atoms with Crippen LogP contribution in [0.3, 0.4) is 0 Å². The number of hydrogen-bond donors (Lipinski definition) is 0. The first-order valence-electron chi connectivity index (χ1n) is 3.93. The van der Waals surface area contributed by atoms with Gasteiger partial charge in [0.15, 0.2) is 0 Å². The summed E-state index contributed by atoms with van der Waals surface area (Å²) in [6.07, 6.45) is 0. The minimum atomic E-state index is -1.50. The van der Waals surface area contributed by atoms with E-state index in [0.717, 1.165) is 0 Å². The molecule has 0 N–H and O–H groups in total. The summed E-state index contributed by atoms with van der Waals surface area (Å²) >= 11 is 1.86. The van der Waals surface area contributed by atoms with Crippen molar-refractivity contribution in [3.63, 3.8) is 0 Å². The molecule has 0 fully saturated rings. The Labute approximate surface area is 78.9 Å². The lowest BCUT2D eigenvalue weighted by molar-refractivity contribution is 0.424. The van der Waals surface area contributed by atoms with Gasteiger partial charge >= 0.3 is 0 Å². The number of hydrogen-bond acceptors (Lipinski definition) is 2. The van der Waals surface area contributed by atoms with E-state index >= 15 is 0 Å². The average Bonchev–Trinajstić information content (AvgIpc) is 2.06. The van der Waals surface area contributed by atoms with Gasteiger partial charge in [0.1, 0.15) is 0 Å². The first-order chi connectivity index (χ1) is 5.64.